The maximum absolute atomic E-state index is 11.9. The van der Waals surface area contributed by atoms with Crippen molar-refractivity contribution in [3.63, 3.8) is 0 Å². The molecule has 2 heterocycles. The molecule has 2 rings (SSSR count). The highest BCUT2D eigenvalue weighted by Gasteiger charge is 2.38. The molecule has 19 heavy (non-hydrogen) atoms. The molecule has 0 aliphatic carbocycles. The van der Waals surface area contributed by atoms with Crippen LogP contribution in [0.25, 0.3) is 0 Å². The number of aliphatic carboxylic acids is 1. The highest BCUT2D eigenvalue weighted by Crippen LogP contribution is 2.18. The van der Waals surface area contributed by atoms with Gasteiger partial charge in [-0.3, -0.25) is 0 Å². The number of β-amino-alcohol motifs (C(OH)–C–C–N with tert-alkyl or cyclic N) is 1. The maximum atomic E-state index is 11.9. The fraction of sp³-hybridized carbons (Fsp3) is 0.455. The molecule has 8 heteroatoms. The van der Waals surface area contributed by atoms with Crippen LogP contribution < -0.4 is 5.32 Å². The Morgan fingerprint density at radius 2 is 2.32 bits per heavy atom. The standard InChI is InChI=1S/C11H14N4O4/c16-8-4-9(10(17)18)15(6-8)11(19)12-5-7-2-1-3-13-14-7/h1-3,8-9,16H,4-6H2,(H,12,19)(H,17,18)/t8?,9-/m0/s1. The van der Waals surface area contributed by atoms with Gasteiger partial charge < -0.3 is 20.4 Å². The molecular formula is C11H14N4O4. The van der Waals surface area contributed by atoms with Crippen molar-refractivity contribution in [2.24, 2.45) is 0 Å². The van der Waals surface area contributed by atoms with E-state index in [1.807, 2.05) is 0 Å². The van der Waals surface area contributed by atoms with Gasteiger partial charge in [-0.05, 0) is 12.1 Å². The molecule has 0 bridgehead atoms. The topological polar surface area (TPSA) is 116 Å². The summed E-state index contributed by atoms with van der Waals surface area (Å²) in [5.74, 6) is -1.12. The number of nitrogens with zero attached hydrogens (tertiary/aromatic N) is 3. The van der Waals surface area contributed by atoms with E-state index in [0.29, 0.717) is 5.69 Å². The second-order valence-electron chi connectivity index (χ2n) is 4.27. The minimum Gasteiger partial charge on any atom is -0.480 e. The molecule has 3 N–H and O–H groups in total. The van der Waals surface area contributed by atoms with Crippen molar-refractivity contribution in [2.75, 3.05) is 6.54 Å². The van der Waals surface area contributed by atoms with Crippen molar-refractivity contribution in [1.29, 1.82) is 0 Å². The summed E-state index contributed by atoms with van der Waals surface area (Å²) in [6, 6.07) is 1.86. The second kappa shape index (κ2) is 5.61. The molecule has 1 unspecified atom stereocenters. The Balaban J connectivity index is 1.94. The molecule has 0 spiro atoms. The lowest BCUT2D eigenvalue weighted by atomic mass is 10.2. The van der Waals surface area contributed by atoms with Crippen LogP contribution >= 0.6 is 0 Å². The molecule has 0 aromatic carbocycles. The Morgan fingerprint density at radius 3 is 2.95 bits per heavy atom. The number of aliphatic hydroxyl groups is 1. The van der Waals surface area contributed by atoms with E-state index in [1.165, 1.54) is 6.20 Å². The van der Waals surface area contributed by atoms with Gasteiger partial charge in [-0.15, -0.1) is 0 Å². The normalized spacial score (nSPS) is 22.3. The van der Waals surface area contributed by atoms with Crippen LogP contribution in [0.2, 0.25) is 0 Å². The SMILES string of the molecule is O=C(O)[C@@H]1CC(O)CN1C(=O)NCc1cccnn1. The molecule has 2 amide bonds. The molecule has 1 fully saturated rings. The third-order valence-electron chi connectivity index (χ3n) is 2.87. The van der Waals surface area contributed by atoms with Crippen LogP contribution in [-0.2, 0) is 11.3 Å². The van der Waals surface area contributed by atoms with E-state index in [2.05, 4.69) is 15.5 Å². The summed E-state index contributed by atoms with van der Waals surface area (Å²) in [6.45, 7) is 0.175. The first-order valence-electron chi connectivity index (χ1n) is 5.80. The number of carboxylic acids is 1. The molecule has 102 valence electrons. The summed E-state index contributed by atoms with van der Waals surface area (Å²) in [4.78, 5) is 24.0. The molecule has 1 aliphatic heterocycles. The number of nitrogens with one attached hydrogen (secondary N) is 1. The van der Waals surface area contributed by atoms with Gasteiger partial charge in [0.05, 0.1) is 18.3 Å². The summed E-state index contributed by atoms with van der Waals surface area (Å²) in [7, 11) is 0. The maximum Gasteiger partial charge on any atom is 0.326 e. The van der Waals surface area contributed by atoms with Gasteiger partial charge in [0.1, 0.15) is 6.04 Å². The smallest absolute Gasteiger partial charge is 0.326 e. The van der Waals surface area contributed by atoms with E-state index in [1.54, 1.807) is 12.1 Å². The lowest BCUT2D eigenvalue weighted by Crippen LogP contribution is -2.46. The summed E-state index contributed by atoms with van der Waals surface area (Å²) in [6.07, 6.45) is 0.764. The fourth-order valence-corrected chi connectivity index (χ4v) is 1.97. The second-order valence-corrected chi connectivity index (χ2v) is 4.27. The molecule has 0 saturated carbocycles. The minimum atomic E-state index is -1.12. The first kappa shape index (κ1) is 13.2. The van der Waals surface area contributed by atoms with Crippen LogP contribution in [0.15, 0.2) is 18.3 Å². The van der Waals surface area contributed by atoms with E-state index in [4.69, 9.17) is 5.11 Å². The Hall–Kier alpha value is -2.22. The number of rotatable bonds is 3. The minimum absolute atomic E-state index is 0.0171. The largest absolute Gasteiger partial charge is 0.480 e. The number of hydrogen-bond acceptors (Lipinski definition) is 5. The van der Waals surface area contributed by atoms with Gasteiger partial charge in [-0.25, -0.2) is 9.59 Å². The molecule has 1 aliphatic rings. The van der Waals surface area contributed by atoms with E-state index in [-0.39, 0.29) is 19.5 Å². The van der Waals surface area contributed by atoms with Gasteiger partial charge in [0.15, 0.2) is 0 Å². The highest BCUT2D eigenvalue weighted by molar-refractivity contribution is 5.83. The van der Waals surface area contributed by atoms with Crippen molar-refractivity contribution < 1.29 is 19.8 Å². The Labute approximate surface area is 109 Å². The van der Waals surface area contributed by atoms with Crippen molar-refractivity contribution in [2.45, 2.75) is 25.1 Å². The third kappa shape index (κ3) is 3.16. The van der Waals surface area contributed by atoms with E-state index in [0.717, 1.165) is 4.90 Å². The third-order valence-corrected chi connectivity index (χ3v) is 2.87. The number of aromatic nitrogens is 2. The lowest BCUT2D eigenvalue weighted by molar-refractivity contribution is -0.141. The summed E-state index contributed by atoms with van der Waals surface area (Å²) >= 11 is 0. The average molecular weight is 266 g/mol. The van der Waals surface area contributed by atoms with Gasteiger partial charge in [-0.1, -0.05) is 0 Å². The zero-order valence-electron chi connectivity index (χ0n) is 10.1. The highest BCUT2D eigenvalue weighted by atomic mass is 16.4. The van der Waals surface area contributed by atoms with Crippen LogP contribution in [0.5, 0.6) is 0 Å². The Bertz CT molecular complexity index is 467. The van der Waals surface area contributed by atoms with Crippen molar-refractivity contribution >= 4 is 12.0 Å². The monoisotopic (exact) mass is 266 g/mol. The van der Waals surface area contributed by atoms with Gasteiger partial charge in [0.2, 0.25) is 0 Å². The lowest BCUT2D eigenvalue weighted by Gasteiger charge is -2.21. The van der Waals surface area contributed by atoms with Crippen LogP contribution in [0, 0.1) is 0 Å². The van der Waals surface area contributed by atoms with Crippen LogP contribution in [0.3, 0.4) is 0 Å². The van der Waals surface area contributed by atoms with E-state index >= 15 is 0 Å². The number of aliphatic hydroxyl groups excluding tert-OH is 1. The number of amides is 2. The van der Waals surface area contributed by atoms with E-state index in [9.17, 15) is 14.7 Å². The predicted molar refractivity (Wildman–Crippen MR) is 63.0 cm³/mol. The Kier molecular flexibility index (Phi) is 3.91. The summed E-state index contributed by atoms with van der Waals surface area (Å²) in [5.41, 5.74) is 0.572. The first-order valence-corrected chi connectivity index (χ1v) is 5.80. The van der Waals surface area contributed by atoms with Crippen LogP contribution in [0.1, 0.15) is 12.1 Å². The van der Waals surface area contributed by atoms with E-state index < -0.39 is 24.1 Å². The Morgan fingerprint density at radius 1 is 1.53 bits per heavy atom. The molecule has 1 saturated heterocycles. The first-order chi connectivity index (χ1) is 9.08. The van der Waals surface area contributed by atoms with Crippen molar-refractivity contribution in [1.82, 2.24) is 20.4 Å². The number of hydrogen-bond donors (Lipinski definition) is 3. The fourth-order valence-electron chi connectivity index (χ4n) is 1.97. The molecule has 1 aromatic rings. The van der Waals surface area contributed by atoms with Gasteiger partial charge in [0.25, 0.3) is 0 Å². The van der Waals surface area contributed by atoms with Gasteiger partial charge in [-0.2, -0.15) is 10.2 Å². The van der Waals surface area contributed by atoms with Gasteiger partial charge >= 0.3 is 12.0 Å². The van der Waals surface area contributed by atoms with Gasteiger partial charge in [0, 0.05) is 19.2 Å². The molecule has 8 nitrogen and oxygen atoms in total. The van der Waals surface area contributed by atoms with Crippen LogP contribution in [0.4, 0.5) is 4.79 Å². The number of carbonyl (C=O) groups is 2. The van der Waals surface area contributed by atoms with Crippen molar-refractivity contribution in [3.8, 4) is 0 Å². The zero-order valence-corrected chi connectivity index (χ0v) is 10.1. The molecule has 2 atom stereocenters. The summed E-state index contributed by atoms with van der Waals surface area (Å²) < 4.78 is 0. The number of carbonyl (C=O) groups excluding carboxylic acids is 1. The molecule has 1 aromatic heterocycles. The quantitative estimate of drug-likeness (QED) is 0.660. The zero-order chi connectivity index (χ0) is 13.8. The predicted octanol–water partition coefficient (Wildman–Crippen LogP) is -0.794. The summed E-state index contributed by atoms with van der Waals surface area (Å²) in [5, 5.41) is 28.4. The number of likely N-dealkylation sites (tertiary alicyclic amines) is 1. The average Bonchev–Trinajstić information content (AvgIpc) is 2.79. The molecule has 0 radical (unpaired) electrons. The van der Waals surface area contributed by atoms with Crippen molar-refractivity contribution in [3.05, 3.63) is 24.0 Å². The number of carboxylic acid groups (broad SMARTS) is 1. The molecular weight excluding hydrogens is 252 g/mol. The van der Waals surface area contributed by atoms with Crippen LogP contribution in [-0.4, -0.2) is 56.0 Å². The number of urea groups is 1.